The van der Waals surface area contributed by atoms with Crippen LogP contribution in [0.15, 0.2) is 35.0 Å². The lowest BCUT2D eigenvalue weighted by Crippen LogP contribution is -2.53. The summed E-state index contributed by atoms with van der Waals surface area (Å²) in [6, 6.07) is 3.37. The SMILES string of the molecule is CCc1nc(CN2CCN(C(=O)/C=C/c3ccc(C(F)(F)F)cc3Cn3nnc(C)n3)[C@H](C)C2)co1. The highest BCUT2D eigenvalue weighted by molar-refractivity contribution is 5.92. The lowest BCUT2D eigenvalue weighted by atomic mass is 10.0. The molecule has 3 heterocycles. The highest BCUT2D eigenvalue weighted by Gasteiger charge is 2.31. The Bertz CT molecular complexity index is 1230. The molecule has 0 bridgehead atoms. The average Bonchev–Trinajstić information content (AvgIpc) is 3.45. The number of aromatic nitrogens is 5. The van der Waals surface area contributed by atoms with Crippen molar-refractivity contribution in [3.05, 3.63) is 64.6 Å². The van der Waals surface area contributed by atoms with E-state index >= 15 is 0 Å². The van der Waals surface area contributed by atoms with Gasteiger partial charge >= 0.3 is 6.18 Å². The van der Waals surface area contributed by atoms with Crippen LogP contribution in [0, 0.1) is 6.92 Å². The number of nitrogens with zero attached hydrogens (tertiary/aromatic N) is 7. The molecule has 0 N–H and O–H groups in total. The van der Waals surface area contributed by atoms with E-state index in [0.717, 1.165) is 24.2 Å². The van der Waals surface area contributed by atoms with Crippen molar-refractivity contribution in [1.82, 2.24) is 35.0 Å². The molecule has 1 aliphatic rings. The number of hydrogen-bond acceptors (Lipinski definition) is 7. The van der Waals surface area contributed by atoms with Crippen molar-refractivity contribution in [2.24, 2.45) is 0 Å². The Morgan fingerprint density at radius 2 is 2.06 bits per heavy atom. The normalized spacial score (nSPS) is 17.3. The number of rotatable bonds is 7. The van der Waals surface area contributed by atoms with Gasteiger partial charge in [-0.2, -0.15) is 18.0 Å². The topological polar surface area (TPSA) is 93.2 Å². The first-order valence-corrected chi connectivity index (χ1v) is 11.7. The van der Waals surface area contributed by atoms with E-state index in [9.17, 15) is 18.0 Å². The molecule has 0 aliphatic carbocycles. The Kier molecular flexibility index (Phi) is 7.53. The molecule has 1 atom stereocenters. The summed E-state index contributed by atoms with van der Waals surface area (Å²) in [7, 11) is 0. The van der Waals surface area contributed by atoms with Crippen molar-refractivity contribution in [3.63, 3.8) is 0 Å². The van der Waals surface area contributed by atoms with Crippen LogP contribution in [0.25, 0.3) is 6.08 Å². The van der Waals surface area contributed by atoms with E-state index in [1.165, 1.54) is 16.9 Å². The first-order chi connectivity index (χ1) is 17.1. The fourth-order valence-electron chi connectivity index (χ4n) is 4.20. The second-order valence-corrected chi connectivity index (χ2v) is 8.81. The number of aryl methyl sites for hydroxylation is 2. The molecule has 0 spiro atoms. The van der Waals surface area contributed by atoms with Gasteiger partial charge in [-0.3, -0.25) is 9.69 Å². The number of tetrazole rings is 1. The molecule has 1 aromatic carbocycles. The van der Waals surface area contributed by atoms with Gasteiger partial charge in [-0.25, -0.2) is 4.98 Å². The monoisotopic (exact) mass is 503 g/mol. The molecule has 12 heteroatoms. The van der Waals surface area contributed by atoms with Gasteiger partial charge in [0.2, 0.25) is 5.91 Å². The number of piperazine rings is 1. The molecule has 1 amide bonds. The predicted octanol–water partition coefficient (Wildman–Crippen LogP) is 3.35. The van der Waals surface area contributed by atoms with Gasteiger partial charge in [-0.1, -0.05) is 13.0 Å². The van der Waals surface area contributed by atoms with Crippen LogP contribution < -0.4 is 0 Å². The molecule has 1 saturated heterocycles. The number of alkyl halides is 3. The molecular weight excluding hydrogens is 475 g/mol. The fraction of sp³-hybridized carbons (Fsp3) is 0.458. The number of amides is 1. The maximum atomic E-state index is 13.3. The van der Waals surface area contributed by atoms with Crippen LogP contribution in [-0.4, -0.2) is 66.6 Å². The summed E-state index contributed by atoms with van der Waals surface area (Å²) in [6.45, 7) is 8.13. The standard InChI is InChI=1S/C24H28F3N7O2/c1-4-22-28-21(15-36-22)14-32-9-10-33(16(2)12-32)23(35)8-6-18-5-7-20(24(25,26)27)11-19(18)13-34-30-17(3)29-31-34/h5-8,11,15-16H,4,9-10,12-14H2,1-3H3/b8-6+/t16-/m1/s1. The van der Waals surface area contributed by atoms with Crippen molar-refractivity contribution in [3.8, 4) is 0 Å². The minimum Gasteiger partial charge on any atom is -0.449 e. The van der Waals surface area contributed by atoms with Crippen LogP contribution in [0.3, 0.4) is 0 Å². The quantitative estimate of drug-likeness (QED) is 0.457. The molecule has 1 aliphatic heterocycles. The minimum atomic E-state index is -4.49. The first-order valence-electron chi connectivity index (χ1n) is 11.7. The maximum Gasteiger partial charge on any atom is 0.416 e. The summed E-state index contributed by atoms with van der Waals surface area (Å²) in [6.07, 6.45) is 0.867. The zero-order valence-electron chi connectivity index (χ0n) is 20.4. The molecule has 36 heavy (non-hydrogen) atoms. The van der Waals surface area contributed by atoms with Gasteiger partial charge in [0.05, 0.1) is 17.8 Å². The van der Waals surface area contributed by atoms with E-state index in [2.05, 4.69) is 25.3 Å². The van der Waals surface area contributed by atoms with Crippen molar-refractivity contribution in [2.75, 3.05) is 19.6 Å². The smallest absolute Gasteiger partial charge is 0.416 e. The zero-order chi connectivity index (χ0) is 25.9. The highest BCUT2D eigenvalue weighted by atomic mass is 19.4. The van der Waals surface area contributed by atoms with Gasteiger partial charge in [0.1, 0.15) is 6.26 Å². The van der Waals surface area contributed by atoms with Gasteiger partial charge in [-0.05, 0) is 48.4 Å². The Morgan fingerprint density at radius 3 is 2.69 bits per heavy atom. The molecule has 1 fully saturated rings. The zero-order valence-corrected chi connectivity index (χ0v) is 20.4. The van der Waals surface area contributed by atoms with E-state index in [0.29, 0.717) is 49.0 Å². The van der Waals surface area contributed by atoms with Crippen LogP contribution in [0.1, 0.15) is 47.9 Å². The van der Waals surface area contributed by atoms with Crippen LogP contribution in [0.2, 0.25) is 0 Å². The molecule has 0 saturated carbocycles. The van der Waals surface area contributed by atoms with E-state index in [1.54, 1.807) is 24.2 Å². The lowest BCUT2D eigenvalue weighted by molar-refractivity contribution is -0.137. The van der Waals surface area contributed by atoms with Crippen LogP contribution >= 0.6 is 0 Å². The average molecular weight is 504 g/mol. The molecule has 9 nitrogen and oxygen atoms in total. The Labute approximate surface area is 206 Å². The Hall–Kier alpha value is -3.54. The van der Waals surface area contributed by atoms with E-state index in [4.69, 9.17) is 4.42 Å². The predicted molar refractivity (Wildman–Crippen MR) is 124 cm³/mol. The van der Waals surface area contributed by atoms with Crippen molar-refractivity contribution >= 4 is 12.0 Å². The largest absolute Gasteiger partial charge is 0.449 e. The fourth-order valence-corrected chi connectivity index (χ4v) is 4.20. The Balaban J connectivity index is 1.44. The molecular formula is C24H28F3N7O2. The third-order valence-corrected chi connectivity index (χ3v) is 6.02. The summed E-state index contributed by atoms with van der Waals surface area (Å²) >= 11 is 0. The van der Waals surface area contributed by atoms with E-state index in [1.807, 2.05) is 13.8 Å². The van der Waals surface area contributed by atoms with Gasteiger partial charge in [0.25, 0.3) is 0 Å². The lowest BCUT2D eigenvalue weighted by Gasteiger charge is -2.39. The van der Waals surface area contributed by atoms with Gasteiger partial charge in [0, 0.05) is 44.7 Å². The molecule has 0 unspecified atom stereocenters. The maximum absolute atomic E-state index is 13.3. The molecule has 192 valence electrons. The van der Waals surface area contributed by atoms with Gasteiger partial charge in [0.15, 0.2) is 11.7 Å². The first kappa shape index (κ1) is 25.5. The summed E-state index contributed by atoms with van der Waals surface area (Å²) in [5.41, 5.74) is 0.907. The summed E-state index contributed by atoms with van der Waals surface area (Å²) in [4.78, 5) is 22.6. The Morgan fingerprint density at radius 1 is 1.25 bits per heavy atom. The van der Waals surface area contributed by atoms with Crippen LogP contribution in [0.5, 0.6) is 0 Å². The summed E-state index contributed by atoms with van der Waals surface area (Å²) < 4.78 is 45.3. The van der Waals surface area contributed by atoms with Gasteiger partial charge < -0.3 is 9.32 Å². The summed E-state index contributed by atoms with van der Waals surface area (Å²) in [5, 5.41) is 11.7. The van der Waals surface area contributed by atoms with Crippen molar-refractivity contribution in [2.45, 2.75) is 52.5 Å². The molecule has 3 aromatic rings. The third-order valence-electron chi connectivity index (χ3n) is 6.02. The number of carbonyl (C=O) groups is 1. The highest BCUT2D eigenvalue weighted by Crippen LogP contribution is 2.31. The van der Waals surface area contributed by atoms with Crippen LogP contribution in [-0.2, 0) is 30.5 Å². The number of halogens is 3. The number of carbonyl (C=O) groups excluding carboxylic acids is 1. The van der Waals surface area contributed by atoms with Crippen molar-refractivity contribution in [1.29, 1.82) is 0 Å². The summed E-state index contributed by atoms with van der Waals surface area (Å²) in [5.74, 6) is 0.920. The minimum absolute atomic E-state index is 0.00447. The molecule has 4 rings (SSSR count). The van der Waals surface area contributed by atoms with E-state index < -0.39 is 11.7 Å². The third kappa shape index (κ3) is 6.17. The second-order valence-electron chi connectivity index (χ2n) is 8.81. The van der Waals surface area contributed by atoms with Crippen molar-refractivity contribution < 1.29 is 22.4 Å². The molecule has 0 radical (unpaired) electrons. The molecule has 2 aromatic heterocycles. The van der Waals surface area contributed by atoms with Gasteiger partial charge in [-0.15, -0.1) is 10.2 Å². The van der Waals surface area contributed by atoms with E-state index in [-0.39, 0.29) is 18.5 Å². The van der Waals surface area contributed by atoms with Crippen LogP contribution in [0.4, 0.5) is 13.2 Å². The second kappa shape index (κ2) is 10.6. The number of benzene rings is 1. The number of hydrogen-bond donors (Lipinski definition) is 0. The number of oxazole rings is 1.